The average molecular weight is 216 g/mol. The molecule has 0 aliphatic carbocycles. The normalized spacial score (nSPS) is 19.6. The van der Waals surface area contributed by atoms with Gasteiger partial charge in [-0.15, -0.1) is 0 Å². The number of hydrogen-bond donors (Lipinski definition) is 3. The van der Waals surface area contributed by atoms with Gasteiger partial charge in [-0.05, 0) is 18.1 Å². The Bertz CT molecular complexity index is 559. The summed E-state index contributed by atoms with van der Waals surface area (Å²) >= 11 is 0. The Labute approximate surface area is 92.3 Å². The lowest BCUT2D eigenvalue weighted by Crippen LogP contribution is -2.28. The summed E-state index contributed by atoms with van der Waals surface area (Å²) in [6.45, 7) is 0.699. The molecule has 2 heterocycles. The number of aliphatic carboxylic acids is 1. The van der Waals surface area contributed by atoms with Crippen LogP contribution in [0.5, 0.6) is 0 Å². The van der Waals surface area contributed by atoms with Gasteiger partial charge in [-0.1, -0.05) is 12.1 Å². The van der Waals surface area contributed by atoms with Crippen molar-refractivity contribution in [2.75, 3.05) is 6.54 Å². The Morgan fingerprint density at radius 1 is 1.44 bits per heavy atom. The number of benzene rings is 1. The number of carboxylic acids is 1. The molecule has 2 aromatic rings. The predicted molar refractivity (Wildman–Crippen MR) is 60.4 cm³/mol. The maximum absolute atomic E-state index is 11.2. The van der Waals surface area contributed by atoms with Crippen molar-refractivity contribution in [3.05, 3.63) is 35.5 Å². The summed E-state index contributed by atoms with van der Waals surface area (Å²) in [6, 6.07) is 5.44. The van der Waals surface area contributed by atoms with Crippen LogP contribution in [0.15, 0.2) is 24.4 Å². The highest BCUT2D eigenvalue weighted by Crippen LogP contribution is 2.29. The lowest BCUT2D eigenvalue weighted by atomic mass is 10.0. The summed E-state index contributed by atoms with van der Waals surface area (Å²) < 4.78 is 0. The fourth-order valence-corrected chi connectivity index (χ4v) is 2.41. The van der Waals surface area contributed by atoms with E-state index in [0.717, 1.165) is 22.9 Å². The first-order valence-electron chi connectivity index (χ1n) is 5.32. The van der Waals surface area contributed by atoms with Crippen molar-refractivity contribution in [3.8, 4) is 0 Å². The summed E-state index contributed by atoms with van der Waals surface area (Å²) in [6.07, 6.45) is 2.66. The number of hydrogen-bond acceptors (Lipinski definition) is 2. The molecule has 3 N–H and O–H groups in total. The Hall–Kier alpha value is -1.81. The quantitative estimate of drug-likeness (QED) is 0.675. The van der Waals surface area contributed by atoms with Crippen molar-refractivity contribution in [1.82, 2.24) is 10.3 Å². The molecule has 0 fully saturated rings. The molecule has 0 bridgehead atoms. The second-order valence-electron chi connectivity index (χ2n) is 4.06. The van der Waals surface area contributed by atoms with Crippen LogP contribution >= 0.6 is 0 Å². The Morgan fingerprint density at radius 3 is 3.12 bits per heavy atom. The minimum absolute atomic E-state index is 0.600. The zero-order chi connectivity index (χ0) is 11.1. The van der Waals surface area contributed by atoms with Crippen LogP contribution in [-0.4, -0.2) is 22.6 Å². The van der Waals surface area contributed by atoms with Gasteiger partial charge in [0.1, 0.15) is 6.04 Å². The van der Waals surface area contributed by atoms with E-state index in [1.54, 1.807) is 6.20 Å². The number of H-pyrrole nitrogens is 1. The lowest BCUT2D eigenvalue weighted by molar-refractivity contribution is -0.139. The highest BCUT2D eigenvalue weighted by Gasteiger charge is 2.25. The van der Waals surface area contributed by atoms with Crippen molar-refractivity contribution in [1.29, 1.82) is 0 Å². The molecule has 1 unspecified atom stereocenters. The van der Waals surface area contributed by atoms with Crippen molar-refractivity contribution in [2.24, 2.45) is 0 Å². The molecule has 0 spiro atoms. The molecule has 1 aliphatic rings. The van der Waals surface area contributed by atoms with E-state index in [-0.39, 0.29) is 0 Å². The monoisotopic (exact) mass is 216 g/mol. The largest absolute Gasteiger partial charge is 0.480 e. The molecule has 0 amide bonds. The van der Waals surface area contributed by atoms with E-state index in [1.807, 2.05) is 12.1 Å². The Balaban J connectivity index is 2.30. The standard InChI is InChI=1S/C12H12N2O2/c15-12(16)11-8-6-14-9-3-1-2-7(10(8)9)4-5-13-11/h1-3,6,11,13-14H,4-5H2,(H,15,16). The molecule has 1 aromatic carbocycles. The summed E-state index contributed by atoms with van der Waals surface area (Å²) in [5.41, 5.74) is 3.07. The Kier molecular flexibility index (Phi) is 1.97. The number of nitrogens with one attached hydrogen (secondary N) is 2. The number of carboxylic acid groups (broad SMARTS) is 1. The summed E-state index contributed by atoms with van der Waals surface area (Å²) in [5.74, 6) is -0.822. The highest BCUT2D eigenvalue weighted by molar-refractivity contribution is 5.92. The number of aromatic amines is 1. The van der Waals surface area contributed by atoms with Gasteiger partial charge in [0.25, 0.3) is 0 Å². The van der Waals surface area contributed by atoms with E-state index in [2.05, 4.69) is 16.4 Å². The third kappa shape index (κ3) is 1.23. The molecule has 4 nitrogen and oxygen atoms in total. The van der Waals surface area contributed by atoms with Gasteiger partial charge in [0, 0.05) is 29.2 Å². The topological polar surface area (TPSA) is 65.1 Å². The van der Waals surface area contributed by atoms with E-state index in [4.69, 9.17) is 0 Å². The van der Waals surface area contributed by atoms with Crippen molar-refractivity contribution < 1.29 is 9.90 Å². The van der Waals surface area contributed by atoms with Crippen LogP contribution in [0.2, 0.25) is 0 Å². The second-order valence-corrected chi connectivity index (χ2v) is 4.06. The molecule has 0 saturated heterocycles. The number of aromatic nitrogens is 1. The van der Waals surface area contributed by atoms with Crippen LogP contribution in [0.3, 0.4) is 0 Å². The van der Waals surface area contributed by atoms with Gasteiger partial charge in [-0.3, -0.25) is 4.79 Å². The van der Waals surface area contributed by atoms with Crippen LogP contribution in [0.4, 0.5) is 0 Å². The van der Waals surface area contributed by atoms with E-state index in [0.29, 0.717) is 6.54 Å². The summed E-state index contributed by atoms with van der Waals surface area (Å²) in [4.78, 5) is 14.3. The molecule has 1 aromatic heterocycles. The van der Waals surface area contributed by atoms with Gasteiger partial charge in [0.15, 0.2) is 0 Å². The molecule has 1 atom stereocenters. The molecule has 4 heteroatoms. The minimum atomic E-state index is -0.822. The Morgan fingerprint density at radius 2 is 2.31 bits per heavy atom. The molecule has 0 saturated carbocycles. The average Bonchev–Trinajstić information content (AvgIpc) is 2.57. The second kappa shape index (κ2) is 3.35. The van der Waals surface area contributed by atoms with Crippen LogP contribution < -0.4 is 5.32 Å². The molecular formula is C12H12N2O2. The number of carbonyl (C=O) groups is 1. The maximum atomic E-state index is 11.2. The van der Waals surface area contributed by atoms with Crippen LogP contribution in [0.25, 0.3) is 10.9 Å². The van der Waals surface area contributed by atoms with Crippen LogP contribution in [0, 0.1) is 0 Å². The number of rotatable bonds is 1. The highest BCUT2D eigenvalue weighted by atomic mass is 16.4. The fraction of sp³-hybridized carbons (Fsp3) is 0.250. The molecule has 1 aliphatic heterocycles. The molecule has 0 radical (unpaired) electrons. The summed E-state index contributed by atoms with van der Waals surface area (Å²) in [5, 5.41) is 13.3. The third-order valence-corrected chi connectivity index (χ3v) is 3.12. The first kappa shape index (κ1) is 9.42. The van der Waals surface area contributed by atoms with E-state index in [1.165, 1.54) is 5.56 Å². The van der Waals surface area contributed by atoms with Crippen molar-refractivity contribution in [3.63, 3.8) is 0 Å². The van der Waals surface area contributed by atoms with Gasteiger partial charge >= 0.3 is 5.97 Å². The lowest BCUT2D eigenvalue weighted by Gasteiger charge is -2.09. The zero-order valence-corrected chi connectivity index (χ0v) is 8.66. The smallest absolute Gasteiger partial charge is 0.325 e. The first-order valence-corrected chi connectivity index (χ1v) is 5.32. The van der Waals surface area contributed by atoms with E-state index in [9.17, 15) is 9.90 Å². The van der Waals surface area contributed by atoms with Gasteiger partial charge in [-0.2, -0.15) is 0 Å². The first-order chi connectivity index (χ1) is 7.77. The van der Waals surface area contributed by atoms with Gasteiger partial charge in [0.2, 0.25) is 0 Å². The SMILES string of the molecule is O=C(O)C1NCCc2cccc3[nH]cc1c23. The van der Waals surface area contributed by atoms with Gasteiger partial charge in [-0.25, -0.2) is 0 Å². The third-order valence-electron chi connectivity index (χ3n) is 3.12. The van der Waals surface area contributed by atoms with Crippen molar-refractivity contribution >= 4 is 16.9 Å². The van der Waals surface area contributed by atoms with Crippen molar-refractivity contribution in [2.45, 2.75) is 12.5 Å². The van der Waals surface area contributed by atoms with Gasteiger partial charge in [0.05, 0.1) is 0 Å². The molecule has 82 valence electrons. The van der Waals surface area contributed by atoms with Gasteiger partial charge < -0.3 is 15.4 Å². The van der Waals surface area contributed by atoms with E-state index >= 15 is 0 Å². The molecular weight excluding hydrogens is 204 g/mol. The van der Waals surface area contributed by atoms with E-state index < -0.39 is 12.0 Å². The predicted octanol–water partition coefficient (Wildman–Crippen LogP) is 1.44. The maximum Gasteiger partial charge on any atom is 0.325 e. The van der Waals surface area contributed by atoms with Crippen LogP contribution in [-0.2, 0) is 11.2 Å². The summed E-state index contributed by atoms with van der Waals surface area (Å²) in [7, 11) is 0. The molecule has 16 heavy (non-hydrogen) atoms. The fourth-order valence-electron chi connectivity index (χ4n) is 2.41. The minimum Gasteiger partial charge on any atom is -0.480 e. The zero-order valence-electron chi connectivity index (χ0n) is 8.66. The molecule has 3 rings (SSSR count). The van der Waals surface area contributed by atoms with Crippen LogP contribution in [0.1, 0.15) is 17.2 Å².